The number of nitrogens with one attached hydrogen (secondary N) is 1. The molecule has 0 unspecified atom stereocenters. The van der Waals surface area contributed by atoms with Crippen LogP contribution in [0.4, 0.5) is 4.39 Å². The Morgan fingerprint density at radius 2 is 1.59 bits per heavy atom. The second kappa shape index (κ2) is 7.76. The van der Waals surface area contributed by atoms with Gasteiger partial charge in [-0.15, -0.1) is 11.8 Å². The lowest BCUT2D eigenvalue weighted by molar-refractivity contribution is 0.580. The molecule has 3 nitrogen and oxygen atoms in total. The zero-order valence-corrected chi connectivity index (χ0v) is 13.9. The minimum atomic E-state index is -3.41. The fraction of sp³-hybridized carbons (Fsp3) is 0.250. The lowest BCUT2D eigenvalue weighted by Crippen LogP contribution is -2.27. The Morgan fingerprint density at radius 3 is 2.18 bits per heavy atom. The van der Waals surface area contributed by atoms with Crippen LogP contribution in [0.2, 0.25) is 0 Å². The van der Waals surface area contributed by atoms with E-state index in [9.17, 15) is 12.8 Å². The smallest absolute Gasteiger partial charge is 0.215 e. The standard InChI is InChI=1S/C16H18FNO2S2/c1-21-16-8-4-13(5-9-16)10-11-18-22(19,20)12-14-2-6-15(17)7-3-14/h2-9,18H,10-12H2,1H3. The molecular weight excluding hydrogens is 321 g/mol. The fourth-order valence-electron chi connectivity index (χ4n) is 1.99. The van der Waals surface area contributed by atoms with Gasteiger partial charge in [-0.25, -0.2) is 17.5 Å². The van der Waals surface area contributed by atoms with Gasteiger partial charge in [0.1, 0.15) is 5.82 Å². The third kappa shape index (κ3) is 5.44. The molecule has 0 saturated carbocycles. The predicted molar refractivity (Wildman–Crippen MR) is 89.0 cm³/mol. The van der Waals surface area contributed by atoms with Crippen LogP contribution in [0.1, 0.15) is 11.1 Å². The number of benzene rings is 2. The number of sulfonamides is 1. The summed E-state index contributed by atoms with van der Waals surface area (Å²) in [5.41, 5.74) is 1.65. The van der Waals surface area contributed by atoms with E-state index >= 15 is 0 Å². The number of thioether (sulfide) groups is 1. The molecule has 0 fully saturated rings. The van der Waals surface area contributed by atoms with E-state index < -0.39 is 10.0 Å². The summed E-state index contributed by atoms with van der Waals surface area (Å²) in [6.07, 6.45) is 2.65. The molecule has 0 aliphatic rings. The van der Waals surface area contributed by atoms with Crippen molar-refractivity contribution in [2.75, 3.05) is 12.8 Å². The first-order chi connectivity index (χ1) is 10.5. The summed E-state index contributed by atoms with van der Waals surface area (Å²) in [5, 5.41) is 0. The highest BCUT2D eigenvalue weighted by Crippen LogP contribution is 2.15. The molecule has 0 saturated heterocycles. The van der Waals surface area contributed by atoms with Crippen LogP contribution in [-0.2, 0) is 22.2 Å². The van der Waals surface area contributed by atoms with Crippen LogP contribution in [0, 0.1) is 5.82 Å². The summed E-state index contributed by atoms with van der Waals surface area (Å²) in [7, 11) is -3.41. The van der Waals surface area contributed by atoms with Crippen LogP contribution < -0.4 is 4.72 Å². The lowest BCUT2D eigenvalue weighted by Gasteiger charge is -2.07. The first-order valence-corrected chi connectivity index (χ1v) is 9.71. The molecule has 2 rings (SSSR count). The topological polar surface area (TPSA) is 46.2 Å². The van der Waals surface area contributed by atoms with E-state index in [0.29, 0.717) is 18.5 Å². The van der Waals surface area contributed by atoms with Gasteiger partial charge in [-0.3, -0.25) is 0 Å². The molecule has 2 aromatic carbocycles. The molecule has 0 atom stereocenters. The summed E-state index contributed by atoms with van der Waals surface area (Å²) in [6.45, 7) is 0.349. The second-order valence-corrected chi connectivity index (χ2v) is 7.56. The average Bonchev–Trinajstić information content (AvgIpc) is 2.50. The van der Waals surface area contributed by atoms with Gasteiger partial charge in [0.15, 0.2) is 0 Å². The van der Waals surface area contributed by atoms with Gasteiger partial charge in [0.2, 0.25) is 10.0 Å². The SMILES string of the molecule is CSc1ccc(CCNS(=O)(=O)Cc2ccc(F)cc2)cc1. The molecule has 0 radical (unpaired) electrons. The Balaban J connectivity index is 1.85. The van der Waals surface area contributed by atoms with Crippen molar-refractivity contribution >= 4 is 21.8 Å². The van der Waals surface area contributed by atoms with Crippen molar-refractivity contribution in [1.82, 2.24) is 4.72 Å². The Morgan fingerprint density at radius 1 is 1.00 bits per heavy atom. The van der Waals surface area contributed by atoms with Gasteiger partial charge in [-0.1, -0.05) is 24.3 Å². The average molecular weight is 339 g/mol. The first-order valence-electron chi connectivity index (χ1n) is 6.83. The Labute approximate surface area is 135 Å². The van der Waals surface area contributed by atoms with E-state index in [-0.39, 0.29) is 11.6 Å². The molecule has 0 aliphatic carbocycles. The van der Waals surface area contributed by atoms with Crippen molar-refractivity contribution < 1.29 is 12.8 Å². The summed E-state index contributed by atoms with van der Waals surface area (Å²) < 4.78 is 39.3. The van der Waals surface area contributed by atoms with Gasteiger partial charge in [-0.2, -0.15) is 0 Å². The summed E-state index contributed by atoms with van der Waals surface area (Å²) in [6, 6.07) is 13.5. The number of hydrogen-bond donors (Lipinski definition) is 1. The van der Waals surface area contributed by atoms with Crippen LogP contribution >= 0.6 is 11.8 Å². The third-order valence-corrected chi connectivity index (χ3v) is 5.27. The van der Waals surface area contributed by atoms with Gasteiger partial charge < -0.3 is 0 Å². The van der Waals surface area contributed by atoms with E-state index in [4.69, 9.17) is 0 Å². The van der Waals surface area contributed by atoms with Crippen LogP contribution in [0.5, 0.6) is 0 Å². The molecule has 0 bridgehead atoms. The van der Waals surface area contributed by atoms with E-state index in [1.165, 1.54) is 29.2 Å². The van der Waals surface area contributed by atoms with Gasteiger partial charge in [0.05, 0.1) is 5.75 Å². The maximum atomic E-state index is 12.8. The molecule has 2 aromatic rings. The van der Waals surface area contributed by atoms with E-state index in [0.717, 1.165) is 5.56 Å². The summed E-state index contributed by atoms with van der Waals surface area (Å²) >= 11 is 1.67. The van der Waals surface area contributed by atoms with Gasteiger partial charge in [0, 0.05) is 11.4 Å². The highest BCUT2D eigenvalue weighted by molar-refractivity contribution is 7.98. The normalized spacial score (nSPS) is 11.5. The number of rotatable bonds is 7. The summed E-state index contributed by atoms with van der Waals surface area (Å²) in [5.74, 6) is -0.513. The molecule has 0 spiro atoms. The Bertz CT molecular complexity index is 698. The largest absolute Gasteiger partial charge is 0.215 e. The molecular formula is C16H18FNO2S2. The van der Waals surface area contributed by atoms with Gasteiger partial charge in [-0.05, 0) is 48.1 Å². The lowest BCUT2D eigenvalue weighted by atomic mass is 10.2. The molecule has 6 heteroatoms. The van der Waals surface area contributed by atoms with E-state index in [2.05, 4.69) is 4.72 Å². The van der Waals surface area contributed by atoms with Crippen molar-refractivity contribution in [2.45, 2.75) is 17.1 Å². The minimum absolute atomic E-state index is 0.140. The Hall–Kier alpha value is -1.37. The molecule has 0 aliphatic heterocycles. The summed E-state index contributed by atoms with van der Waals surface area (Å²) in [4.78, 5) is 1.18. The molecule has 0 aromatic heterocycles. The molecule has 0 heterocycles. The molecule has 22 heavy (non-hydrogen) atoms. The van der Waals surface area contributed by atoms with Crippen LogP contribution in [0.3, 0.4) is 0 Å². The minimum Gasteiger partial charge on any atom is -0.215 e. The van der Waals surface area contributed by atoms with E-state index in [1.54, 1.807) is 11.8 Å². The zero-order valence-electron chi connectivity index (χ0n) is 12.3. The number of hydrogen-bond acceptors (Lipinski definition) is 3. The molecule has 0 amide bonds. The van der Waals surface area contributed by atoms with Crippen LogP contribution in [0.15, 0.2) is 53.4 Å². The first kappa shape index (κ1) is 17.0. The fourth-order valence-corrected chi connectivity index (χ4v) is 3.55. The zero-order chi connectivity index (χ0) is 16.0. The van der Waals surface area contributed by atoms with Crippen molar-refractivity contribution in [3.63, 3.8) is 0 Å². The van der Waals surface area contributed by atoms with Crippen molar-refractivity contribution in [2.24, 2.45) is 0 Å². The quantitative estimate of drug-likeness (QED) is 0.788. The van der Waals surface area contributed by atoms with E-state index in [1.807, 2.05) is 30.5 Å². The third-order valence-electron chi connectivity index (χ3n) is 3.16. The van der Waals surface area contributed by atoms with Crippen LogP contribution in [0.25, 0.3) is 0 Å². The highest BCUT2D eigenvalue weighted by Gasteiger charge is 2.11. The maximum Gasteiger partial charge on any atom is 0.215 e. The number of halogens is 1. The van der Waals surface area contributed by atoms with Crippen molar-refractivity contribution in [3.05, 3.63) is 65.5 Å². The molecule has 118 valence electrons. The molecule has 1 N–H and O–H groups in total. The second-order valence-electron chi connectivity index (χ2n) is 4.88. The van der Waals surface area contributed by atoms with Gasteiger partial charge >= 0.3 is 0 Å². The van der Waals surface area contributed by atoms with Gasteiger partial charge in [0.25, 0.3) is 0 Å². The monoisotopic (exact) mass is 339 g/mol. The van der Waals surface area contributed by atoms with Crippen LogP contribution in [-0.4, -0.2) is 21.2 Å². The van der Waals surface area contributed by atoms with Crippen molar-refractivity contribution in [3.8, 4) is 0 Å². The predicted octanol–water partition coefficient (Wildman–Crippen LogP) is 3.21. The maximum absolute atomic E-state index is 12.8. The Kier molecular flexibility index (Phi) is 5.99. The van der Waals surface area contributed by atoms with Crippen molar-refractivity contribution in [1.29, 1.82) is 0 Å². The highest BCUT2D eigenvalue weighted by atomic mass is 32.2.